The van der Waals surface area contributed by atoms with Crippen molar-refractivity contribution in [3.8, 4) is 11.3 Å². The number of aromatic nitrogens is 5. The van der Waals surface area contributed by atoms with Crippen molar-refractivity contribution in [2.45, 2.75) is 6.92 Å². The highest BCUT2D eigenvalue weighted by atomic mass is 16.4. The lowest BCUT2D eigenvalue weighted by Gasteiger charge is -2.03. The van der Waals surface area contributed by atoms with Crippen molar-refractivity contribution in [3.63, 3.8) is 0 Å². The summed E-state index contributed by atoms with van der Waals surface area (Å²) in [4.78, 5) is 15.2. The van der Waals surface area contributed by atoms with E-state index in [2.05, 4.69) is 15.2 Å². The van der Waals surface area contributed by atoms with E-state index in [-0.39, 0.29) is 5.56 Å². The summed E-state index contributed by atoms with van der Waals surface area (Å²) in [6, 6.07) is 1.79. The van der Waals surface area contributed by atoms with E-state index in [1.165, 1.54) is 10.7 Å². The Hall–Kier alpha value is -2.70. The van der Waals surface area contributed by atoms with Crippen LogP contribution in [0.15, 0.2) is 24.7 Å². The molecule has 0 amide bonds. The molecule has 0 aliphatic heterocycles. The lowest BCUT2D eigenvalue weighted by Crippen LogP contribution is -2.00. The van der Waals surface area contributed by atoms with E-state index >= 15 is 0 Å². The van der Waals surface area contributed by atoms with Crippen LogP contribution in [0.2, 0.25) is 0 Å². The van der Waals surface area contributed by atoms with Gasteiger partial charge in [0, 0.05) is 24.5 Å². The van der Waals surface area contributed by atoms with Gasteiger partial charge in [-0.2, -0.15) is 10.2 Å². The number of nitrogens with zero attached hydrogens (tertiary/aromatic N) is 5. The zero-order valence-corrected chi connectivity index (χ0v) is 10.4. The maximum atomic E-state index is 11.1. The molecule has 1 N–H and O–H groups in total. The second-order valence-corrected chi connectivity index (χ2v) is 4.20. The Morgan fingerprint density at radius 1 is 1.32 bits per heavy atom. The number of carbonyl (C=O) groups is 1. The average molecular weight is 257 g/mol. The molecular weight excluding hydrogens is 246 g/mol. The third-order valence-electron chi connectivity index (χ3n) is 3.14. The van der Waals surface area contributed by atoms with Gasteiger partial charge in [-0.1, -0.05) is 0 Å². The number of hydrogen-bond acceptors (Lipinski definition) is 4. The summed E-state index contributed by atoms with van der Waals surface area (Å²) in [5.41, 5.74) is 3.05. The third kappa shape index (κ3) is 1.59. The summed E-state index contributed by atoms with van der Waals surface area (Å²) in [6.07, 6.45) is 4.61. The summed E-state index contributed by atoms with van der Waals surface area (Å²) < 4.78 is 3.27. The summed E-state index contributed by atoms with van der Waals surface area (Å²) >= 11 is 0. The molecule has 0 atom stereocenters. The van der Waals surface area contributed by atoms with Crippen molar-refractivity contribution in [1.29, 1.82) is 0 Å². The highest BCUT2D eigenvalue weighted by Crippen LogP contribution is 2.23. The molecule has 3 aromatic rings. The van der Waals surface area contributed by atoms with Gasteiger partial charge in [0.05, 0.1) is 18.1 Å². The van der Waals surface area contributed by atoms with Crippen molar-refractivity contribution in [3.05, 3.63) is 35.9 Å². The molecule has 0 fully saturated rings. The predicted molar refractivity (Wildman–Crippen MR) is 66.9 cm³/mol. The van der Waals surface area contributed by atoms with Crippen LogP contribution in [0.3, 0.4) is 0 Å². The zero-order chi connectivity index (χ0) is 13.6. The topological polar surface area (TPSA) is 85.3 Å². The molecule has 0 aliphatic carbocycles. The van der Waals surface area contributed by atoms with Gasteiger partial charge in [0.2, 0.25) is 0 Å². The molecule has 0 aromatic carbocycles. The van der Waals surface area contributed by atoms with Gasteiger partial charge in [0.25, 0.3) is 0 Å². The van der Waals surface area contributed by atoms with E-state index in [9.17, 15) is 4.79 Å². The first-order valence-corrected chi connectivity index (χ1v) is 5.64. The Balaban J connectivity index is 2.31. The highest BCUT2D eigenvalue weighted by Gasteiger charge is 2.16. The maximum Gasteiger partial charge on any atom is 0.341 e. The monoisotopic (exact) mass is 257 g/mol. The standard InChI is InChI=1S/C12H11N5O2/c1-7-8(5-14-16(7)2)10-3-4-13-11-9(12(18)19)6-15-17(10)11/h3-6H,1-2H3,(H,18,19). The number of aryl methyl sites for hydroxylation is 1. The molecule has 3 rings (SSSR count). The minimum Gasteiger partial charge on any atom is -0.477 e. The molecule has 3 aromatic heterocycles. The summed E-state index contributed by atoms with van der Waals surface area (Å²) in [6.45, 7) is 1.94. The minimum absolute atomic E-state index is 0.0865. The minimum atomic E-state index is -1.04. The average Bonchev–Trinajstić information content (AvgIpc) is 2.95. The number of carboxylic acids is 1. The number of aromatic carboxylic acids is 1. The van der Waals surface area contributed by atoms with Crippen molar-refractivity contribution >= 4 is 11.6 Å². The second kappa shape index (κ2) is 3.91. The Morgan fingerprint density at radius 3 is 2.74 bits per heavy atom. The molecule has 0 saturated heterocycles. The van der Waals surface area contributed by atoms with E-state index in [1.54, 1.807) is 23.1 Å². The molecule has 0 bridgehead atoms. The SMILES string of the molecule is Cc1c(-c2ccnc3c(C(=O)O)cnn23)cnn1C. The Bertz CT molecular complexity index is 787. The molecule has 3 heterocycles. The summed E-state index contributed by atoms with van der Waals surface area (Å²) in [7, 11) is 1.85. The fourth-order valence-corrected chi connectivity index (χ4v) is 2.00. The molecule has 7 heteroatoms. The van der Waals surface area contributed by atoms with E-state index in [0.717, 1.165) is 17.0 Å². The van der Waals surface area contributed by atoms with Crippen LogP contribution >= 0.6 is 0 Å². The van der Waals surface area contributed by atoms with Crippen molar-refractivity contribution < 1.29 is 9.90 Å². The van der Waals surface area contributed by atoms with Crippen LogP contribution in [0.5, 0.6) is 0 Å². The first-order valence-electron chi connectivity index (χ1n) is 5.64. The lowest BCUT2D eigenvalue weighted by atomic mass is 10.2. The van der Waals surface area contributed by atoms with Gasteiger partial charge in [-0.25, -0.2) is 14.3 Å². The van der Waals surface area contributed by atoms with Crippen LogP contribution < -0.4 is 0 Å². The van der Waals surface area contributed by atoms with Crippen LogP contribution in [0, 0.1) is 6.92 Å². The van der Waals surface area contributed by atoms with Gasteiger partial charge in [0.1, 0.15) is 5.56 Å². The molecule has 19 heavy (non-hydrogen) atoms. The normalized spacial score (nSPS) is 11.1. The van der Waals surface area contributed by atoms with E-state index in [4.69, 9.17) is 5.11 Å². The number of carboxylic acid groups (broad SMARTS) is 1. The zero-order valence-electron chi connectivity index (χ0n) is 10.4. The number of hydrogen-bond donors (Lipinski definition) is 1. The van der Waals surface area contributed by atoms with Gasteiger partial charge < -0.3 is 5.11 Å². The molecule has 96 valence electrons. The van der Waals surface area contributed by atoms with Gasteiger partial charge >= 0.3 is 5.97 Å². The quantitative estimate of drug-likeness (QED) is 0.744. The summed E-state index contributed by atoms with van der Waals surface area (Å²) in [5.74, 6) is -1.04. The van der Waals surface area contributed by atoms with Crippen LogP contribution in [0.25, 0.3) is 16.9 Å². The Morgan fingerprint density at radius 2 is 2.11 bits per heavy atom. The smallest absolute Gasteiger partial charge is 0.341 e. The molecule has 0 unspecified atom stereocenters. The van der Waals surface area contributed by atoms with E-state index < -0.39 is 5.97 Å². The van der Waals surface area contributed by atoms with Crippen molar-refractivity contribution in [2.24, 2.45) is 7.05 Å². The Labute approximate surface area is 108 Å². The van der Waals surface area contributed by atoms with Crippen LogP contribution in [-0.4, -0.2) is 35.5 Å². The van der Waals surface area contributed by atoms with Crippen LogP contribution in [0.4, 0.5) is 0 Å². The van der Waals surface area contributed by atoms with Crippen molar-refractivity contribution in [1.82, 2.24) is 24.4 Å². The van der Waals surface area contributed by atoms with Crippen molar-refractivity contribution in [2.75, 3.05) is 0 Å². The van der Waals surface area contributed by atoms with Crippen LogP contribution in [-0.2, 0) is 7.05 Å². The predicted octanol–water partition coefficient (Wildman–Crippen LogP) is 1.14. The molecule has 0 aliphatic rings. The molecule has 0 saturated carbocycles. The van der Waals surface area contributed by atoms with E-state index in [0.29, 0.717) is 5.65 Å². The van der Waals surface area contributed by atoms with Gasteiger partial charge in [-0.15, -0.1) is 0 Å². The highest BCUT2D eigenvalue weighted by molar-refractivity contribution is 5.94. The maximum absolute atomic E-state index is 11.1. The lowest BCUT2D eigenvalue weighted by molar-refractivity contribution is 0.0699. The molecule has 0 radical (unpaired) electrons. The largest absolute Gasteiger partial charge is 0.477 e. The molecule has 0 spiro atoms. The Kier molecular flexibility index (Phi) is 2.34. The van der Waals surface area contributed by atoms with Gasteiger partial charge in [-0.3, -0.25) is 4.68 Å². The van der Waals surface area contributed by atoms with Gasteiger partial charge in [-0.05, 0) is 13.0 Å². The first-order chi connectivity index (χ1) is 9.09. The second-order valence-electron chi connectivity index (χ2n) is 4.20. The third-order valence-corrected chi connectivity index (χ3v) is 3.14. The molecule has 7 nitrogen and oxygen atoms in total. The van der Waals surface area contributed by atoms with E-state index in [1.807, 2.05) is 14.0 Å². The first kappa shape index (κ1) is 11.4. The van der Waals surface area contributed by atoms with Crippen LogP contribution in [0.1, 0.15) is 16.1 Å². The fourth-order valence-electron chi connectivity index (χ4n) is 2.00. The molecular formula is C12H11N5O2. The fraction of sp³-hybridized carbons (Fsp3) is 0.167. The van der Waals surface area contributed by atoms with Gasteiger partial charge in [0.15, 0.2) is 5.65 Å². The number of fused-ring (bicyclic) bond motifs is 1. The summed E-state index contributed by atoms with van der Waals surface area (Å²) in [5, 5.41) is 17.4. The number of rotatable bonds is 2.